The van der Waals surface area contributed by atoms with Crippen molar-refractivity contribution in [2.24, 2.45) is 7.05 Å². The number of carbonyl (C=O) groups is 2. The van der Waals surface area contributed by atoms with Crippen LogP contribution in [0.1, 0.15) is 38.2 Å². The Labute approximate surface area is 158 Å². The zero-order valence-corrected chi connectivity index (χ0v) is 15.9. The Balaban J connectivity index is 1.89. The zero-order chi connectivity index (χ0) is 18.7. The molecule has 2 heterocycles. The number of fused-ring (bicyclic) bond motifs is 1. The van der Waals surface area contributed by atoms with E-state index in [1.807, 2.05) is 42.1 Å². The van der Waals surface area contributed by atoms with Crippen LogP contribution in [0, 0.1) is 0 Å². The van der Waals surface area contributed by atoms with Gasteiger partial charge in [-0.1, -0.05) is 44.4 Å². The third-order valence-corrected chi connectivity index (χ3v) is 4.97. The summed E-state index contributed by atoms with van der Waals surface area (Å²) in [7, 11) is 1.95. The van der Waals surface area contributed by atoms with E-state index in [-0.39, 0.29) is 16.6 Å². The summed E-state index contributed by atoms with van der Waals surface area (Å²) in [5.41, 5.74) is 2.03. The molecule has 26 heavy (non-hydrogen) atoms. The van der Waals surface area contributed by atoms with E-state index in [2.05, 4.69) is 12.2 Å². The summed E-state index contributed by atoms with van der Waals surface area (Å²) in [6.07, 6.45) is 7.76. The number of hydrogen-bond acceptors (Lipinski definition) is 3. The van der Waals surface area contributed by atoms with Gasteiger partial charge in [-0.25, -0.2) is 0 Å². The van der Waals surface area contributed by atoms with Crippen LogP contribution in [-0.2, 0) is 16.6 Å². The Morgan fingerprint density at radius 1 is 1.15 bits per heavy atom. The van der Waals surface area contributed by atoms with Crippen LogP contribution >= 0.6 is 12.2 Å². The van der Waals surface area contributed by atoms with E-state index in [4.69, 9.17) is 12.2 Å². The van der Waals surface area contributed by atoms with Gasteiger partial charge in [0.15, 0.2) is 5.11 Å². The number of aryl methyl sites for hydroxylation is 1. The third-order valence-electron chi connectivity index (χ3n) is 4.65. The lowest BCUT2D eigenvalue weighted by Crippen LogP contribution is -2.54. The molecule has 2 amide bonds. The van der Waals surface area contributed by atoms with Crippen molar-refractivity contribution < 1.29 is 9.59 Å². The van der Waals surface area contributed by atoms with Gasteiger partial charge in [0.05, 0.1) is 0 Å². The van der Waals surface area contributed by atoms with Gasteiger partial charge in [-0.3, -0.25) is 19.8 Å². The Kier molecular flexibility index (Phi) is 5.52. The Morgan fingerprint density at radius 3 is 2.69 bits per heavy atom. The summed E-state index contributed by atoms with van der Waals surface area (Å²) >= 11 is 5.20. The fourth-order valence-corrected chi connectivity index (χ4v) is 3.50. The minimum absolute atomic E-state index is 0.130. The molecule has 1 fully saturated rings. The molecule has 6 heteroatoms. The van der Waals surface area contributed by atoms with E-state index >= 15 is 0 Å². The zero-order valence-electron chi connectivity index (χ0n) is 15.1. The molecule has 2 aromatic rings. The summed E-state index contributed by atoms with van der Waals surface area (Å²) in [5, 5.41) is 3.85. The Hall–Kier alpha value is -2.47. The molecule has 1 aromatic heterocycles. The predicted molar refractivity (Wildman–Crippen MR) is 107 cm³/mol. The lowest BCUT2D eigenvalue weighted by molar-refractivity contribution is -0.128. The molecule has 0 spiro atoms. The van der Waals surface area contributed by atoms with Gasteiger partial charge in [0.1, 0.15) is 5.57 Å². The molecular weight excluding hydrogens is 346 g/mol. The van der Waals surface area contributed by atoms with Crippen molar-refractivity contribution in [3.05, 3.63) is 41.6 Å². The van der Waals surface area contributed by atoms with Crippen molar-refractivity contribution in [3.63, 3.8) is 0 Å². The molecule has 0 bridgehead atoms. The SMILES string of the molecule is CCCCCCN1C(=O)/C(=C/c2cn(C)c3ccccc23)C(=O)NC1=S. The second-order valence-corrected chi connectivity index (χ2v) is 6.93. The fraction of sp³-hybridized carbons (Fsp3) is 0.350. The minimum atomic E-state index is -0.433. The summed E-state index contributed by atoms with van der Waals surface area (Å²) in [5.74, 6) is -0.749. The van der Waals surface area contributed by atoms with E-state index in [0.717, 1.165) is 42.1 Å². The second-order valence-electron chi connectivity index (χ2n) is 6.55. The number of para-hydroxylation sites is 1. The van der Waals surface area contributed by atoms with Gasteiger partial charge in [-0.15, -0.1) is 0 Å². The van der Waals surface area contributed by atoms with Gasteiger partial charge >= 0.3 is 0 Å². The highest BCUT2D eigenvalue weighted by atomic mass is 32.1. The minimum Gasteiger partial charge on any atom is -0.350 e. The maximum absolute atomic E-state index is 12.9. The highest BCUT2D eigenvalue weighted by Gasteiger charge is 2.33. The van der Waals surface area contributed by atoms with Gasteiger partial charge in [0, 0.05) is 36.3 Å². The van der Waals surface area contributed by atoms with E-state index in [0.29, 0.717) is 6.54 Å². The van der Waals surface area contributed by atoms with Crippen molar-refractivity contribution in [1.82, 2.24) is 14.8 Å². The highest BCUT2D eigenvalue weighted by Crippen LogP contribution is 2.24. The first kappa shape index (κ1) is 18.3. The molecule has 1 aliphatic heterocycles. The van der Waals surface area contributed by atoms with Crippen LogP contribution in [0.3, 0.4) is 0 Å². The van der Waals surface area contributed by atoms with E-state index < -0.39 is 5.91 Å². The quantitative estimate of drug-likeness (QED) is 0.368. The van der Waals surface area contributed by atoms with E-state index in [1.165, 1.54) is 4.90 Å². The summed E-state index contributed by atoms with van der Waals surface area (Å²) in [6.45, 7) is 2.67. The molecule has 1 N–H and O–H groups in total. The topological polar surface area (TPSA) is 54.3 Å². The molecule has 0 saturated carbocycles. The number of hydrogen-bond donors (Lipinski definition) is 1. The maximum Gasteiger partial charge on any atom is 0.265 e. The number of aromatic nitrogens is 1. The molecule has 0 atom stereocenters. The van der Waals surface area contributed by atoms with Gasteiger partial charge in [0.25, 0.3) is 11.8 Å². The summed E-state index contributed by atoms with van der Waals surface area (Å²) in [4.78, 5) is 26.7. The molecule has 1 saturated heterocycles. The van der Waals surface area contributed by atoms with Gasteiger partial charge < -0.3 is 4.57 Å². The van der Waals surface area contributed by atoms with Crippen molar-refractivity contribution in [2.45, 2.75) is 32.6 Å². The summed E-state index contributed by atoms with van der Waals surface area (Å²) < 4.78 is 1.99. The number of benzene rings is 1. The number of amides is 2. The predicted octanol–water partition coefficient (Wildman–Crippen LogP) is 3.39. The lowest BCUT2D eigenvalue weighted by atomic mass is 10.1. The average molecular weight is 369 g/mol. The monoisotopic (exact) mass is 369 g/mol. The van der Waals surface area contributed by atoms with Crippen molar-refractivity contribution in [2.75, 3.05) is 6.54 Å². The first-order chi connectivity index (χ1) is 12.5. The van der Waals surface area contributed by atoms with E-state index in [9.17, 15) is 9.59 Å². The van der Waals surface area contributed by atoms with E-state index in [1.54, 1.807) is 6.08 Å². The van der Waals surface area contributed by atoms with Crippen LogP contribution < -0.4 is 5.32 Å². The molecule has 0 radical (unpaired) electrons. The molecule has 0 unspecified atom stereocenters. The first-order valence-electron chi connectivity index (χ1n) is 8.96. The van der Waals surface area contributed by atoms with Crippen LogP contribution in [-0.4, -0.2) is 32.9 Å². The van der Waals surface area contributed by atoms with Crippen molar-refractivity contribution in [1.29, 1.82) is 0 Å². The van der Waals surface area contributed by atoms with Crippen LogP contribution in [0.15, 0.2) is 36.0 Å². The summed E-state index contributed by atoms with van der Waals surface area (Å²) in [6, 6.07) is 7.91. The lowest BCUT2D eigenvalue weighted by Gasteiger charge is -2.28. The van der Waals surface area contributed by atoms with Crippen LogP contribution in [0.25, 0.3) is 17.0 Å². The second kappa shape index (κ2) is 7.83. The molecule has 1 aliphatic rings. The molecule has 0 aliphatic carbocycles. The smallest absolute Gasteiger partial charge is 0.265 e. The number of unbranched alkanes of at least 4 members (excludes halogenated alkanes) is 3. The fourth-order valence-electron chi connectivity index (χ4n) is 3.24. The van der Waals surface area contributed by atoms with Gasteiger partial charge in [0.2, 0.25) is 0 Å². The average Bonchev–Trinajstić information content (AvgIpc) is 2.94. The molecular formula is C20H23N3O2S. The third kappa shape index (κ3) is 3.55. The maximum atomic E-state index is 12.9. The highest BCUT2D eigenvalue weighted by molar-refractivity contribution is 7.80. The standard InChI is InChI=1S/C20H23N3O2S/c1-3-4-5-8-11-23-19(25)16(18(24)21-20(23)26)12-14-13-22(2)17-10-7-6-9-15(14)17/h6-7,9-10,12-13H,3-5,8,11H2,1-2H3,(H,21,24,26)/b16-12+. The van der Waals surface area contributed by atoms with Crippen molar-refractivity contribution in [3.8, 4) is 0 Å². The number of carbonyl (C=O) groups excluding carboxylic acids is 2. The molecule has 136 valence electrons. The molecule has 3 rings (SSSR count). The van der Waals surface area contributed by atoms with Gasteiger partial charge in [-0.2, -0.15) is 0 Å². The Bertz CT molecular complexity index is 898. The first-order valence-corrected chi connectivity index (χ1v) is 9.36. The molecule has 5 nitrogen and oxygen atoms in total. The number of thiocarbonyl (C=S) groups is 1. The number of rotatable bonds is 6. The Morgan fingerprint density at radius 2 is 1.92 bits per heavy atom. The number of nitrogens with one attached hydrogen (secondary N) is 1. The normalized spacial score (nSPS) is 16.6. The van der Waals surface area contributed by atoms with Gasteiger partial charge in [-0.05, 0) is 30.8 Å². The molecule has 1 aromatic carbocycles. The van der Waals surface area contributed by atoms with Crippen molar-refractivity contribution >= 4 is 46.1 Å². The van der Waals surface area contributed by atoms with Crippen LogP contribution in [0.2, 0.25) is 0 Å². The largest absolute Gasteiger partial charge is 0.350 e. The number of nitrogens with zero attached hydrogens (tertiary/aromatic N) is 2. The van der Waals surface area contributed by atoms with Crippen LogP contribution in [0.4, 0.5) is 0 Å². The van der Waals surface area contributed by atoms with Crippen LogP contribution in [0.5, 0.6) is 0 Å².